The summed E-state index contributed by atoms with van der Waals surface area (Å²) in [4.78, 5) is 10.4. The van der Waals surface area contributed by atoms with Crippen molar-refractivity contribution in [1.82, 2.24) is 5.43 Å². The van der Waals surface area contributed by atoms with E-state index in [0.29, 0.717) is 11.8 Å². The predicted molar refractivity (Wildman–Crippen MR) is 52.3 cm³/mol. The molecule has 2 unspecified atom stereocenters. The zero-order valence-electron chi connectivity index (χ0n) is 8.21. The summed E-state index contributed by atoms with van der Waals surface area (Å²) in [5.41, 5.74) is 8.29. The average molecular weight is 183 g/mol. The second kappa shape index (κ2) is 4.25. The third kappa shape index (κ3) is 3.05. The maximum Gasteiger partial charge on any atom is 0.332 e. The number of hydrogen-bond donors (Lipinski definition) is 2. The summed E-state index contributed by atoms with van der Waals surface area (Å²) in [7, 11) is 0. The number of hydrogen-bond acceptors (Lipinski definition) is 2. The highest BCUT2D eigenvalue weighted by atomic mass is 16.2. The first-order valence-corrected chi connectivity index (χ1v) is 4.71. The van der Waals surface area contributed by atoms with Gasteiger partial charge in [0.2, 0.25) is 0 Å². The number of hydrazone groups is 1. The lowest BCUT2D eigenvalue weighted by Crippen LogP contribution is -2.29. The molecule has 4 nitrogen and oxygen atoms in total. The molecule has 2 atom stereocenters. The van der Waals surface area contributed by atoms with Crippen LogP contribution in [0.2, 0.25) is 0 Å². The van der Waals surface area contributed by atoms with Crippen LogP contribution < -0.4 is 11.2 Å². The first-order valence-electron chi connectivity index (χ1n) is 4.71. The lowest BCUT2D eigenvalue weighted by atomic mass is 9.82. The molecule has 0 saturated heterocycles. The molecule has 13 heavy (non-hydrogen) atoms. The Hall–Kier alpha value is -1.06. The average Bonchev–Trinajstić information content (AvgIpc) is 2.06. The molecule has 0 spiro atoms. The van der Waals surface area contributed by atoms with E-state index in [1.165, 1.54) is 6.42 Å². The summed E-state index contributed by atoms with van der Waals surface area (Å²) in [5.74, 6) is 1.15. The van der Waals surface area contributed by atoms with Crippen LogP contribution in [0, 0.1) is 11.8 Å². The predicted octanol–water partition coefficient (Wildman–Crippen LogP) is 1.47. The monoisotopic (exact) mass is 183 g/mol. The molecule has 0 aromatic heterocycles. The van der Waals surface area contributed by atoms with Gasteiger partial charge >= 0.3 is 6.03 Å². The van der Waals surface area contributed by atoms with Crippen LogP contribution >= 0.6 is 0 Å². The summed E-state index contributed by atoms with van der Waals surface area (Å²) < 4.78 is 0. The maximum atomic E-state index is 10.4. The van der Waals surface area contributed by atoms with Gasteiger partial charge in [-0.25, -0.2) is 10.2 Å². The summed E-state index contributed by atoms with van der Waals surface area (Å²) in [6.07, 6.45) is 3.37. The molecule has 0 heterocycles. The summed E-state index contributed by atoms with van der Waals surface area (Å²) >= 11 is 0. The van der Waals surface area contributed by atoms with Gasteiger partial charge in [-0.2, -0.15) is 5.10 Å². The van der Waals surface area contributed by atoms with E-state index in [1.807, 2.05) is 0 Å². The molecule has 3 N–H and O–H groups in total. The third-order valence-corrected chi connectivity index (χ3v) is 2.53. The molecule has 1 saturated carbocycles. The Labute approximate surface area is 78.6 Å². The Kier molecular flexibility index (Phi) is 3.28. The van der Waals surface area contributed by atoms with Gasteiger partial charge in [0.15, 0.2) is 0 Å². The smallest absolute Gasteiger partial charge is 0.332 e. The van der Waals surface area contributed by atoms with Crippen LogP contribution in [0.4, 0.5) is 4.79 Å². The quantitative estimate of drug-likeness (QED) is 0.594. The Bertz CT molecular complexity index is 225. The van der Waals surface area contributed by atoms with Crippen molar-refractivity contribution in [3.63, 3.8) is 0 Å². The second-order valence-electron chi connectivity index (χ2n) is 3.87. The number of primary amides is 1. The largest absolute Gasteiger partial charge is 0.350 e. The number of urea groups is 1. The van der Waals surface area contributed by atoms with E-state index >= 15 is 0 Å². The van der Waals surface area contributed by atoms with Crippen molar-refractivity contribution >= 4 is 11.7 Å². The first kappa shape index (κ1) is 10.0. The van der Waals surface area contributed by atoms with E-state index in [0.717, 1.165) is 18.6 Å². The zero-order chi connectivity index (χ0) is 9.84. The van der Waals surface area contributed by atoms with Crippen molar-refractivity contribution in [2.24, 2.45) is 22.7 Å². The highest BCUT2D eigenvalue weighted by Gasteiger charge is 2.20. The highest BCUT2D eigenvalue weighted by molar-refractivity contribution is 5.88. The van der Waals surface area contributed by atoms with Gasteiger partial charge in [0, 0.05) is 5.71 Å². The Morgan fingerprint density at radius 3 is 2.85 bits per heavy atom. The fourth-order valence-electron chi connectivity index (χ4n) is 1.64. The number of nitrogens with zero attached hydrogens (tertiary/aromatic N) is 1. The molecule has 1 rings (SSSR count). The van der Waals surface area contributed by atoms with E-state index < -0.39 is 6.03 Å². The van der Waals surface area contributed by atoms with Gasteiger partial charge in [0.05, 0.1) is 0 Å². The Morgan fingerprint density at radius 1 is 1.54 bits per heavy atom. The van der Waals surface area contributed by atoms with Crippen LogP contribution in [0.1, 0.15) is 33.1 Å². The van der Waals surface area contributed by atoms with Crippen LogP contribution in [-0.4, -0.2) is 11.7 Å². The SMILES string of the molecule is CC1CCC(C)C(=NNC(N)=O)C1. The molecule has 0 aromatic rings. The normalized spacial score (nSPS) is 31.7. The summed E-state index contributed by atoms with van der Waals surface area (Å²) in [6.45, 7) is 4.33. The molecule has 2 amide bonds. The maximum absolute atomic E-state index is 10.4. The topological polar surface area (TPSA) is 67.5 Å². The van der Waals surface area contributed by atoms with Crippen LogP contribution in [-0.2, 0) is 0 Å². The van der Waals surface area contributed by atoms with Crippen molar-refractivity contribution in [3.05, 3.63) is 0 Å². The molecule has 1 aliphatic rings. The van der Waals surface area contributed by atoms with E-state index in [9.17, 15) is 4.79 Å². The Balaban J connectivity index is 2.54. The zero-order valence-corrected chi connectivity index (χ0v) is 8.21. The minimum atomic E-state index is -0.585. The van der Waals surface area contributed by atoms with Crippen molar-refractivity contribution in [2.75, 3.05) is 0 Å². The van der Waals surface area contributed by atoms with Crippen molar-refractivity contribution in [2.45, 2.75) is 33.1 Å². The second-order valence-corrected chi connectivity index (χ2v) is 3.87. The van der Waals surface area contributed by atoms with E-state index in [-0.39, 0.29) is 0 Å². The lowest BCUT2D eigenvalue weighted by Gasteiger charge is -2.24. The van der Waals surface area contributed by atoms with Crippen molar-refractivity contribution in [3.8, 4) is 0 Å². The van der Waals surface area contributed by atoms with Gasteiger partial charge in [-0.1, -0.05) is 13.8 Å². The fraction of sp³-hybridized carbons (Fsp3) is 0.778. The minimum Gasteiger partial charge on any atom is -0.350 e. The number of nitrogens with one attached hydrogen (secondary N) is 1. The molecule has 0 aromatic carbocycles. The van der Waals surface area contributed by atoms with Crippen LogP contribution in [0.25, 0.3) is 0 Å². The molecule has 0 aliphatic heterocycles. The van der Waals surface area contributed by atoms with Gasteiger partial charge in [-0.15, -0.1) is 0 Å². The standard InChI is InChI=1S/C9H17N3O/c1-6-3-4-7(2)8(5-6)11-12-9(10)13/h6-7H,3-5H2,1-2H3,(H3,10,12,13). The van der Waals surface area contributed by atoms with Gasteiger partial charge in [-0.05, 0) is 31.1 Å². The first-order chi connectivity index (χ1) is 6.09. The third-order valence-electron chi connectivity index (χ3n) is 2.53. The molecule has 0 radical (unpaired) electrons. The van der Waals surface area contributed by atoms with E-state index in [2.05, 4.69) is 24.4 Å². The summed E-state index contributed by atoms with van der Waals surface area (Å²) in [6, 6.07) is -0.585. The molecule has 0 bridgehead atoms. The van der Waals surface area contributed by atoms with Crippen molar-refractivity contribution in [1.29, 1.82) is 0 Å². The van der Waals surface area contributed by atoms with E-state index in [4.69, 9.17) is 5.73 Å². The van der Waals surface area contributed by atoms with Gasteiger partial charge in [0.1, 0.15) is 0 Å². The molecule has 1 aliphatic carbocycles. The van der Waals surface area contributed by atoms with Gasteiger partial charge in [-0.3, -0.25) is 0 Å². The number of nitrogens with two attached hydrogens (primary N) is 1. The van der Waals surface area contributed by atoms with Crippen LogP contribution in [0.5, 0.6) is 0 Å². The van der Waals surface area contributed by atoms with Gasteiger partial charge in [0.25, 0.3) is 0 Å². The molecule has 4 heteroatoms. The molecular weight excluding hydrogens is 166 g/mol. The number of amides is 2. The molecular formula is C9H17N3O. The van der Waals surface area contributed by atoms with Crippen LogP contribution in [0.3, 0.4) is 0 Å². The highest BCUT2D eigenvalue weighted by Crippen LogP contribution is 2.25. The number of carbonyl (C=O) groups excluding carboxylic acids is 1. The number of carbonyl (C=O) groups is 1. The molecule has 74 valence electrons. The molecule has 1 fully saturated rings. The van der Waals surface area contributed by atoms with Gasteiger partial charge < -0.3 is 5.73 Å². The minimum absolute atomic E-state index is 0.475. The Morgan fingerprint density at radius 2 is 2.23 bits per heavy atom. The van der Waals surface area contributed by atoms with Crippen molar-refractivity contribution < 1.29 is 4.79 Å². The van der Waals surface area contributed by atoms with Crippen LogP contribution in [0.15, 0.2) is 5.10 Å². The fourth-order valence-corrected chi connectivity index (χ4v) is 1.64. The summed E-state index contributed by atoms with van der Waals surface area (Å²) in [5, 5.41) is 4.01. The lowest BCUT2D eigenvalue weighted by molar-refractivity contribution is 0.249. The number of rotatable bonds is 1. The van der Waals surface area contributed by atoms with E-state index in [1.54, 1.807) is 0 Å².